The first kappa shape index (κ1) is 21.3. The highest BCUT2D eigenvalue weighted by molar-refractivity contribution is 7.92. The molecule has 0 atom stereocenters. The molecule has 1 aliphatic heterocycles. The number of rotatable bonds is 4. The van der Waals surface area contributed by atoms with E-state index in [4.69, 9.17) is 16.6 Å². The van der Waals surface area contributed by atoms with Crippen molar-refractivity contribution in [3.8, 4) is 0 Å². The molecule has 0 saturated carbocycles. The van der Waals surface area contributed by atoms with Crippen molar-refractivity contribution in [2.45, 2.75) is 42.8 Å². The Morgan fingerprint density at radius 1 is 1.17 bits per heavy atom. The standard InChI is InChI=1S/C22H23ClN2O3S2/c1-14(2)30(27,28)20-6-4-3-5-17(20)22(26)25-11-9-15(10-12-25)21-24-18-13-16(23)7-8-19(18)29-21/h3-8,13-15H,9-12H2,1-2H3. The average molecular weight is 463 g/mol. The van der Waals surface area contributed by atoms with Crippen LogP contribution in [0.2, 0.25) is 5.02 Å². The molecule has 0 N–H and O–H groups in total. The third-order valence-corrected chi connectivity index (χ3v) is 9.19. The minimum Gasteiger partial charge on any atom is -0.339 e. The molecule has 5 nitrogen and oxygen atoms in total. The van der Waals surface area contributed by atoms with Crippen LogP contribution in [0.1, 0.15) is 48.0 Å². The van der Waals surface area contributed by atoms with Gasteiger partial charge < -0.3 is 4.90 Å². The number of piperidine rings is 1. The topological polar surface area (TPSA) is 67.3 Å². The number of aromatic nitrogens is 1. The van der Waals surface area contributed by atoms with Gasteiger partial charge in [0.15, 0.2) is 9.84 Å². The number of likely N-dealkylation sites (tertiary alicyclic amines) is 1. The molecular weight excluding hydrogens is 440 g/mol. The van der Waals surface area contributed by atoms with Gasteiger partial charge in [-0.2, -0.15) is 0 Å². The van der Waals surface area contributed by atoms with E-state index in [0.717, 1.165) is 28.1 Å². The molecule has 1 aliphatic rings. The fourth-order valence-electron chi connectivity index (χ4n) is 3.74. The molecule has 4 rings (SSSR count). The van der Waals surface area contributed by atoms with Gasteiger partial charge in [-0.25, -0.2) is 13.4 Å². The second-order valence-electron chi connectivity index (χ2n) is 7.82. The monoisotopic (exact) mass is 462 g/mol. The lowest BCUT2D eigenvalue weighted by Gasteiger charge is -2.31. The van der Waals surface area contributed by atoms with Crippen LogP contribution in [0.3, 0.4) is 0 Å². The summed E-state index contributed by atoms with van der Waals surface area (Å²) in [7, 11) is -3.53. The minimum absolute atomic E-state index is 0.121. The third kappa shape index (κ3) is 3.98. The zero-order valence-corrected chi connectivity index (χ0v) is 19.2. The van der Waals surface area contributed by atoms with E-state index in [1.807, 2.05) is 18.2 Å². The van der Waals surface area contributed by atoms with Gasteiger partial charge in [0.1, 0.15) is 0 Å². The van der Waals surface area contributed by atoms with Crippen LogP contribution in [-0.2, 0) is 9.84 Å². The zero-order valence-electron chi connectivity index (χ0n) is 16.8. The Bertz CT molecular complexity index is 1200. The SMILES string of the molecule is CC(C)S(=O)(=O)c1ccccc1C(=O)N1CCC(c2nc3cc(Cl)ccc3s2)CC1. The molecule has 1 aromatic heterocycles. The summed E-state index contributed by atoms with van der Waals surface area (Å²) in [5.74, 6) is 0.0734. The first-order valence-corrected chi connectivity index (χ1v) is 12.7. The molecule has 1 saturated heterocycles. The van der Waals surface area contributed by atoms with Crippen LogP contribution in [-0.4, -0.2) is 42.5 Å². The van der Waals surface area contributed by atoms with Crippen molar-refractivity contribution in [3.05, 3.63) is 58.1 Å². The Morgan fingerprint density at radius 2 is 1.87 bits per heavy atom. The van der Waals surface area contributed by atoms with Crippen LogP contribution in [0.4, 0.5) is 0 Å². The van der Waals surface area contributed by atoms with Gasteiger partial charge in [-0.05, 0) is 57.0 Å². The second-order valence-corrected chi connectivity index (χ2v) is 11.8. The van der Waals surface area contributed by atoms with Crippen molar-refractivity contribution in [2.75, 3.05) is 13.1 Å². The van der Waals surface area contributed by atoms with Crippen molar-refractivity contribution < 1.29 is 13.2 Å². The predicted molar refractivity (Wildman–Crippen MR) is 121 cm³/mol. The van der Waals surface area contributed by atoms with E-state index in [0.29, 0.717) is 24.0 Å². The molecule has 0 spiro atoms. The van der Waals surface area contributed by atoms with Crippen molar-refractivity contribution in [1.82, 2.24) is 9.88 Å². The van der Waals surface area contributed by atoms with Gasteiger partial charge in [0.2, 0.25) is 0 Å². The number of amides is 1. The maximum absolute atomic E-state index is 13.1. The van der Waals surface area contributed by atoms with Crippen LogP contribution < -0.4 is 0 Å². The van der Waals surface area contributed by atoms with Gasteiger partial charge in [-0.3, -0.25) is 4.79 Å². The number of halogens is 1. The maximum atomic E-state index is 13.1. The van der Waals surface area contributed by atoms with Crippen molar-refractivity contribution >= 4 is 48.9 Å². The molecule has 30 heavy (non-hydrogen) atoms. The second kappa shape index (κ2) is 8.29. The molecule has 0 aliphatic carbocycles. The minimum atomic E-state index is -3.53. The summed E-state index contributed by atoms with van der Waals surface area (Å²) in [5, 5.41) is 1.17. The van der Waals surface area contributed by atoms with Gasteiger partial charge >= 0.3 is 0 Å². The lowest BCUT2D eigenvalue weighted by atomic mass is 9.97. The molecule has 1 amide bonds. The van der Waals surface area contributed by atoms with E-state index in [2.05, 4.69) is 0 Å². The van der Waals surface area contributed by atoms with Gasteiger partial charge in [0.25, 0.3) is 5.91 Å². The quantitative estimate of drug-likeness (QED) is 0.537. The Hall–Kier alpha value is -1.96. The van der Waals surface area contributed by atoms with Crippen LogP contribution in [0, 0.1) is 0 Å². The fourth-order valence-corrected chi connectivity index (χ4v) is 6.26. The van der Waals surface area contributed by atoms with E-state index < -0.39 is 15.1 Å². The van der Waals surface area contributed by atoms with E-state index in [9.17, 15) is 13.2 Å². The molecular formula is C22H23ClN2O3S2. The van der Waals surface area contributed by atoms with Gasteiger partial charge in [0.05, 0.1) is 30.9 Å². The summed E-state index contributed by atoms with van der Waals surface area (Å²) in [6.07, 6.45) is 1.61. The van der Waals surface area contributed by atoms with Crippen LogP contribution in [0.25, 0.3) is 10.2 Å². The number of hydrogen-bond acceptors (Lipinski definition) is 5. The summed E-state index contributed by atoms with van der Waals surface area (Å²) in [6.45, 7) is 4.42. The smallest absolute Gasteiger partial charge is 0.255 e. The highest BCUT2D eigenvalue weighted by atomic mass is 35.5. The predicted octanol–water partition coefficient (Wildman–Crippen LogP) is 5.15. The Morgan fingerprint density at radius 3 is 2.57 bits per heavy atom. The number of nitrogens with zero attached hydrogens (tertiary/aromatic N) is 2. The summed E-state index contributed by atoms with van der Waals surface area (Å²) < 4.78 is 26.5. The first-order valence-electron chi connectivity index (χ1n) is 9.95. The number of thiazole rings is 1. The summed E-state index contributed by atoms with van der Waals surface area (Å²) in [5.41, 5.74) is 1.17. The van der Waals surface area contributed by atoms with Crippen molar-refractivity contribution in [2.24, 2.45) is 0 Å². The summed E-state index contributed by atoms with van der Waals surface area (Å²) in [4.78, 5) is 19.8. The molecule has 158 valence electrons. The van der Waals surface area contributed by atoms with Gasteiger partial charge in [0, 0.05) is 24.0 Å². The van der Waals surface area contributed by atoms with E-state index in [1.165, 1.54) is 6.07 Å². The molecule has 0 unspecified atom stereocenters. The van der Waals surface area contributed by atoms with E-state index in [1.54, 1.807) is 48.3 Å². The molecule has 1 fully saturated rings. The number of fused-ring (bicyclic) bond motifs is 1. The first-order chi connectivity index (χ1) is 14.3. The van der Waals surface area contributed by atoms with Crippen molar-refractivity contribution in [1.29, 1.82) is 0 Å². The molecule has 3 aromatic rings. The number of carbonyl (C=O) groups is 1. The Labute approximate surface area is 185 Å². The Kier molecular flexibility index (Phi) is 5.88. The van der Waals surface area contributed by atoms with E-state index >= 15 is 0 Å². The highest BCUT2D eigenvalue weighted by Gasteiger charge is 2.30. The van der Waals surface area contributed by atoms with Crippen LogP contribution in [0.5, 0.6) is 0 Å². The van der Waals surface area contributed by atoms with Gasteiger partial charge in [-0.1, -0.05) is 23.7 Å². The normalized spacial score (nSPS) is 15.8. The lowest BCUT2D eigenvalue weighted by molar-refractivity contribution is 0.0709. The summed E-state index contributed by atoms with van der Waals surface area (Å²) >= 11 is 7.74. The largest absolute Gasteiger partial charge is 0.339 e. The van der Waals surface area contributed by atoms with Crippen LogP contribution in [0.15, 0.2) is 47.4 Å². The van der Waals surface area contributed by atoms with Gasteiger partial charge in [-0.15, -0.1) is 11.3 Å². The fraction of sp³-hybridized carbons (Fsp3) is 0.364. The molecule has 0 bridgehead atoms. The third-order valence-electron chi connectivity index (χ3n) is 5.54. The number of hydrogen-bond donors (Lipinski definition) is 0. The molecule has 2 aromatic carbocycles. The number of benzene rings is 2. The van der Waals surface area contributed by atoms with E-state index in [-0.39, 0.29) is 16.4 Å². The van der Waals surface area contributed by atoms with Crippen molar-refractivity contribution in [3.63, 3.8) is 0 Å². The average Bonchev–Trinajstić information content (AvgIpc) is 3.16. The Balaban J connectivity index is 1.51. The highest BCUT2D eigenvalue weighted by Crippen LogP contribution is 2.35. The number of sulfone groups is 1. The van der Waals surface area contributed by atoms with Crippen LogP contribution >= 0.6 is 22.9 Å². The molecule has 8 heteroatoms. The zero-order chi connectivity index (χ0) is 21.5. The molecule has 0 radical (unpaired) electrons. The maximum Gasteiger partial charge on any atom is 0.255 e. The number of carbonyl (C=O) groups excluding carboxylic acids is 1. The lowest BCUT2D eigenvalue weighted by Crippen LogP contribution is -2.38. The molecule has 2 heterocycles. The summed E-state index contributed by atoms with van der Waals surface area (Å²) in [6, 6.07) is 12.3.